The largest absolute Gasteiger partial charge is 0.386 e. The van der Waals surface area contributed by atoms with Crippen LogP contribution in [0.3, 0.4) is 0 Å². The summed E-state index contributed by atoms with van der Waals surface area (Å²) in [4.78, 5) is 58.9. The molecule has 2 aliphatic rings. The van der Waals surface area contributed by atoms with Gasteiger partial charge in [-0.3, -0.25) is 19.2 Å². The van der Waals surface area contributed by atoms with Crippen LogP contribution in [0, 0.1) is 29.6 Å². The molecule has 0 radical (unpaired) electrons. The molecule has 294 valence electrons. The Hall–Kier alpha value is -3.06. The molecule has 52 heavy (non-hydrogen) atoms. The average molecular weight is 730 g/mol. The number of carbonyl (C=O) groups is 4. The summed E-state index contributed by atoms with van der Waals surface area (Å²) < 4.78 is 12.0. The number of benzene rings is 1. The monoisotopic (exact) mass is 730 g/mol. The first-order valence-corrected chi connectivity index (χ1v) is 19.2. The summed E-state index contributed by atoms with van der Waals surface area (Å²) in [6.45, 7) is 15.4. The molecule has 1 saturated carbocycles. The molecule has 1 saturated heterocycles. The van der Waals surface area contributed by atoms with Gasteiger partial charge in [0.05, 0.1) is 54.8 Å². The van der Waals surface area contributed by atoms with Crippen LogP contribution in [-0.2, 0) is 28.7 Å². The second-order valence-corrected chi connectivity index (χ2v) is 15.9. The molecule has 2 unspecified atom stereocenters. The molecule has 12 nitrogen and oxygen atoms in total. The van der Waals surface area contributed by atoms with Gasteiger partial charge in [0.15, 0.2) is 0 Å². The van der Waals surface area contributed by atoms with Gasteiger partial charge in [-0.2, -0.15) is 0 Å². The van der Waals surface area contributed by atoms with Crippen molar-refractivity contribution in [2.75, 3.05) is 28.3 Å². The lowest BCUT2D eigenvalue weighted by Gasteiger charge is -2.41. The Bertz CT molecular complexity index is 1330. The van der Waals surface area contributed by atoms with E-state index in [1.807, 2.05) is 69.9 Å². The molecule has 0 aromatic heterocycles. The Morgan fingerprint density at radius 3 is 2.04 bits per heavy atom. The quantitative estimate of drug-likeness (QED) is 0.159. The second kappa shape index (κ2) is 19.3. The van der Waals surface area contributed by atoms with Crippen LogP contribution in [0.25, 0.3) is 0 Å². The summed E-state index contributed by atoms with van der Waals surface area (Å²) in [6.07, 6.45) is 0.397. The fourth-order valence-corrected chi connectivity index (χ4v) is 8.13. The van der Waals surface area contributed by atoms with Crippen molar-refractivity contribution in [2.45, 2.75) is 136 Å². The van der Waals surface area contributed by atoms with Crippen LogP contribution in [0.1, 0.15) is 92.7 Å². The fourth-order valence-electron chi connectivity index (χ4n) is 8.13. The van der Waals surface area contributed by atoms with E-state index in [4.69, 9.17) is 9.47 Å². The Labute approximate surface area is 312 Å². The molecule has 4 amide bonds. The molecule has 12 atom stereocenters. The number of aliphatic hydroxyl groups excluding tert-OH is 1. The lowest BCUT2D eigenvalue weighted by atomic mass is 9.89. The van der Waals surface area contributed by atoms with E-state index in [1.165, 1.54) is 0 Å². The second-order valence-electron chi connectivity index (χ2n) is 15.9. The Morgan fingerprint density at radius 2 is 1.52 bits per heavy atom. The van der Waals surface area contributed by atoms with E-state index >= 15 is 0 Å². The number of nitrogens with zero attached hydrogens (tertiary/aromatic N) is 2. The highest BCUT2D eigenvalue weighted by molar-refractivity contribution is 5.90. The molecule has 1 heterocycles. The van der Waals surface area contributed by atoms with Crippen molar-refractivity contribution < 1.29 is 33.8 Å². The minimum atomic E-state index is -0.873. The zero-order valence-electron chi connectivity index (χ0n) is 33.6. The van der Waals surface area contributed by atoms with Crippen molar-refractivity contribution in [3.8, 4) is 0 Å². The number of nitrogens with one attached hydrogen (secondary N) is 3. The molecule has 0 spiro atoms. The highest BCUT2D eigenvalue weighted by Crippen LogP contribution is 2.50. The number of likely N-dealkylation sites (N-methyl/N-ethyl adjacent to an activating group) is 2. The summed E-state index contributed by atoms with van der Waals surface area (Å²) in [5.74, 6) is -1.20. The third-order valence-electron chi connectivity index (χ3n) is 11.5. The van der Waals surface area contributed by atoms with E-state index < -0.39 is 48.4 Å². The van der Waals surface area contributed by atoms with Crippen molar-refractivity contribution in [3.05, 3.63) is 35.9 Å². The van der Waals surface area contributed by atoms with E-state index in [1.54, 1.807) is 47.1 Å². The summed E-state index contributed by atoms with van der Waals surface area (Å²) in [5, 5.41) is 19.9. The first-order valence-electron chi connectivity index (χ1n) is 19.2. The molecule has 1 aromatic rings. The van der Waals surface area contributed by atoms with E-state index in [-0.39, 0.29) is 59.9 Å². The maximum absolute atomic E-state index is 14.4. The number of ether oxygens (including phenoxy) is 2. The molecule has 3 rings (SSSR count). The van der Waals surface area contributed by atoms with Crippen molar-refractivity contribution in [2.24, 2.45) is 29.6 Å². The van der Waals surface area contributed by atoms with E-state index in [0.29, 0.717) is 11.5 Å². The third kappa shape index (κ3) is 10.1. The molecule has 4 N–H and O–H groups in total. The van der Waals surface area contributed by atoms with Crippen LogP contribution in [0.4, 0.5) is 0 Å². The Balaban J connectivity index is 1.78. The smallest absolute Gasteiger partial charge is 0.245 e. The molecule has 1 aliphatic heterocycles. The highest BCUT2D eigenvalue weighted by atomic mass is 16.5. The number of carbonyl (C=O) groups excluding carboxylic acids is 4. The number of hydrogen-bond donors (Lipinski definition) is 4. The number of likely N-dealkylation sites (tertiary alicyclic amines) is 1. The molecular formula is C40H67N5O7. The third-order valence-corrected chi connectivity index (χ3v) is 11.5. The van der Waals surface area contributed by atoms with Crippen LogP contribution < -0.4 is 16.0 Å². The molecule has 2 fully saturated rings. The minimum Gasteiger partial charge on any atom is -0.386 e. The van der Waals surface area contributed by atoms with Gasteiger partial charge in [-0.05, 0) is 56.0 Å². The van der Waals surface area contributed by atoms with Crippen molar-refractivity contribution in [3.63, 3.8) is 0 Å². The zero-order valence-corrected chi connectivity index (χ0v) is 33.6. The number of aliphatic hydroxyl groups is 1. The van der Waals surface area contributed by atoms with Crippen molar-refractivity contribution in [1.82, 2.24) is 25.8 Å². The van der Waals surface area contributed by atoms with Gasteiger partial charge >= 0.3 is 0 Å². The Morgan fingerprint density at radius 1 is 0.904 bits per heavy atom. The maximum Gasteiger partial charge on any atom is 0.245 e. The van der Waals surface area contributed by atoms with Crippen molar-refractivity contribution >= 4 is 23.6 Å². The van der Waals surface area contributed by atoms with E-state index in [2.05, 4.69) is 22.9 Å². The van der Waals surface area contributed by atoms with Gasteiger partial charge in [-0.1, -0.05) is 85.2 Å². The van der Waals surface area contributed by atoms with Gasteiger partial charge in [-0.15, -0.1) is 0 Å². The van der Waals surface area contributed by atoms with Crippen molar-refractivity contribution in [1.29, 1.82) is 0 Å². The first-order chi connectivity index (χ1) is 24.5. The molecular weight excluding hydrogens is 662 g/mol. The lowest BCUT2D eigenvalue weighted by Crippen LogP contribution is -2.59. The minimum absolute atomic E-state index is 0.0114. The molecule has 12 heteroatoms. The highest BCUT2D eigenvalue weighted by Gasteiger charge is 2.57. The van der Waals surface area contributed by atoms with Gasteiger partial charge < -0.3 is 40.3 Å². The summed E-state index contributed by atoms with van der Waals surface area (Å²) in [5.41, 5.74) is 0.715. The van der Waals surface area contributed by atoms with E-state index in [9.17, 15) is 24.3 Å². The lowest BCUT2D eigenvalue weighted by molar-refractivity contribution is -0.148. The van der Waals surface area contributed by atoms with Gasteiger partial charge in [0.1, 0.15) is 6.04 Å². The van der Waals surface area contributed by atoms with Gasteiger partial charge in [-0.25, -0.2) is 0 Å². The maximum atomic E-state index is 14.4. The number of methoxy groups -OCH3 is 2. The van der Waals surface area contributed by atoms with Crippen LogP contribution in [-0.4, -0.2) is 115 Å². The summed E-state index contributed by atoms with van der Waals surface area (Å²) >= 11 is 0. The number of piperidine rings is 1. The Kier molecular flexibility index (Phi) is 16.1. The van der Waals surface area contributed by atoms with E-state index in [0.717, 1.165) is 19.3 Å². The number of fused-ring (bicyclic) bond motifs is 1. The predicted molar refractivity (Wildman–Crippen MR) is 202 cm³/mol. The normalized spacial score (nSPS) is 23.4. The van der Waals surface area contributed by atoms with Crippen LogP contribution in [0.5, 0.6) is 0 Å². The SMILES string of the molecule is CC[C@H](C)[C@@H]([C@@H](CC(=O)N1[C@H]2C[C@H]2C[C@H]1[C@H](OC)[C@@H](C)C(=O)N[C@H](C)[C@@H](O)c1ccccc1)OC)N(C)C(=O)C(NC(=O)C(NC)C(C)C)C(C)C. The number of amides is 4. The van der Waals surface area contributed by atoms with Crippen LogP contribution in [0.2, 0.25) is 0 Å². The number of hydrogen-bond acceptors (Lipinski definition) is 8. The fraction of sp³-hybridized carbons (Fsp3) is 0.750. The predicted octanol–water partition coefficient (Wildman–Crippen LogP) is 3.53. The summed E-state index contributed by atoms with van der Waals surface area (Å²) in [6, 6.07) is 6.81. The van der Waals surface area contributed by atoms with Crippen LogP contribution in [0.15, 0.2) is 30.3 Å². The van der Waals surface area contributed by atoms with Gasteiger partial charge in [0, 0.05) is 27.3 Å². The zero-order chi connectivity index (χ0) is 39.0. The van der Waals surface area contributed by atoms with Gasteiger partial charge in [0.2, 0.25) is 23.6 Å². The standard InChI is InChI=1S/C40H67N5O7/c1-13-24(6)35(44(10)40(50)34(23(4)5)43-39(49)33(41-9)22(2)3)31(51-11)21-32(46)45-29-19-28(29)20-30(45)37(52-12)25(7)38(48)42-26(8)36(47)27-17-15-14-16-18-27/h14-18,22-26,28-31,33-37,41,47H,13,19-21H2,1-12H3,(H,42,48)(H,43,49)/t24-,25+,26+,28-,29-,30-,31+,33?,34?,35-,36+,37+/m0/s1. The average Bonchev–Trinajstić information content (AvgIpc) is 3.78. The molecule has 0 bridgehead atoms. The van der Waals surface area contributed by atoms with Gasteiger partial charge in [0.25, 0.3) is 0 Å². The summed E-state index contributed by atoms with van der Waals surface area (Å²) in [7, 11) is 6.62. The topological polar surface area (TPSA) is 150 Å². The molecule has 1 aliphatic carbocycles. The number of rotatable bonds is 20. The first kappa shape index (κ1) is 43.3. The van der Waals surface area contributed by atoms with Crippen LogP contribution >= 0.6 is 0 Å². The molecule has 1 aromatic carbocycles.